The van der Waals surface area contributed by atoms with Crippen molar-refractivity contribution in [2.45, 2.75) is 13.3 Å². The van der Waals surface area contributed by atoms with Crippen LogP contribution < -0.4 is 15.0 Å². The summed E-state index contributed by atoms with van der Waals surface area (Å²) in [6.07, 6.45) is 5.25. The number of rotatable bonds is 4. The maximum Gasteiger partial charge on any atom is 0.513 e. The van der Waals surface area contributed by atoms with Gasteiger partial charge in [-0.05, 0) is 37.2 Å². The minimum Gasteiger partial charge on any atom is -0.497 e. The number of anilines is 1. The van der Waals surface area contributed by atoms with Crippen molar-refractivity contribution in [2.75, 3.05) is 31.6 Å². The number of hydrogen-bond acceptors (Lipinski definition) is 7. The molecule has 2 aliphatic heterocycles. The molecule has 11 nitrogen and oxygen atoms in total. The van der Waals surface area contributed by atoms with Crippen LogP contribution in [0.25, 0.3) is 22.2 Å². The molecular formula is C26H30N6O5. The SMILES string of the molecule is C=CN=C(C1CCNC1)N1CC=Nc2[nH]c(-c3cn(C)c4ccc(OC)cc34)cc21.CC(=O)OC(=O)O. The van der Waals surface area contributed by atoms with Crippen molar-refractivity contribution < 1.29 is 24.2 Å². The molecule has 194 valence electrons. The molecule has 1 saturated heterocycles. The van der Waals surface area contributed by atoms with E-state index in [9.17, 15) is 9.59 Å². The summed E-state index contributed by atoms with van der Waals surface area (Å²) in [6.45, 7) is 7.53. The molecule has 0 amide bonds. The predicted molar refractivity (Wildman–Crippen MR) is 143 cm³/mol. The summed E-state index contributed by atoms with van der Waals surface area (Å²) in [5.41, 5.74) is 4.37. The van der Waals surface area contributed by atoms with Gasteiger partial charge in [0.15, 0.2) is 5.82 Å². The predicted octanol–water partition coefficient (Wildman–Crippen LogP) is 4.08. The monoisotopic (exact) mass is 506 g/mol. The molecule has 1 unspecified atom stereocenters. The Morgan fingerprint density at radius 1 is 1.32 bits per heavy atom. The standard InChI is InChI=1S/C23H26N6O.C3H4O4/c1-4-25-23(15-7-8-24-13-15)29-10-9-26-22-21(29)12-19(27-22)18-14-28(2)20-6-5-16(30-3)11-17(18)20;1-2(4)7-3(5)6/h4-6,9,11-12,14-15,24,27H,1,7-8,10,13H2,2-3H3;1H3,(H,5,6). The number of aromatic nitrogens is 2. The van der Waals surface area contributed by atoms with Gasteiger partial charge in [-0.25, -0.2) is 14.8 Å². The molecule has 0 bridgehead atoms. The highest BCUT2D eigenvalue weighted by molar-refractivity contribution is 6.07. The van der Waals surface area contributed by atoms with Gasteiger partial charge < -0.3 is 34.3 Å². The molecular weight excluding hydrogens is 476 g/mol. The summed E-state index contributed by atoms with van der Waals surface area (Å²) < 4.78 is 11.1. The second-order valence-electron chi connectivity index (χ2n) is 8.60. The highest BCUT2D eigenvalue weighted by Crippen LogP contribution is 2.40. The van der Waals surface area contributed by atoms with Crippen LogP contribution in [-0.2, 0) is 16.6 Å². The number of fused-ring (bicyclic) bond motifs is 2. The summed E-state index contributed by atoms with van der Waals surface area (Å²) >= 11 is 0. The van der Waals surface area contributed by atoms with Crippen LogP contribution >= 0.6 is 0 Å². The Morgan fingerprint density at radius 2 is 2.14 bits per heavy atom. The number of carbonyl (C=O) groups excluding carboxylic acids is 1. The van der Waals surface area contributed by atoms with Gasteiger partial charge in [0.2, 0.25) is 0 Å². The van der Waals surface area contributed by atoms with Crippen molar-refractivity contribution in [3.63, 3.8) is 0 Å². The molecule has 3 aromatic rings. The van der Waals surface area contributed by atoms with Crippen LogP contribution in [0, 0.1) is 5.92 Å². The number of ether oxygens (including phenoxy) is 2. The lowest BCUT2D eigenvalue weighted by atomic mass is 10.1. The van der Waals surface area contributed by atoms with Crippen molar-refractivity contribution in [3.05, 3.63) is 43.2 Å². The van der Waals surface area contributed by atoms with Gasteiger partial charge in [0, 0.05) is 61.5 Å². The molecule has 0 radical (unpaired) electrons. The summed E-state index contributed by atoms with van der Waals surface area (Å²) in [5, 5.41) is 12.2. The van der Waals surface area contributed by atoms with Crippen LogP contribution in [0.5, 0.6) is 5.75 Å². The van der Waals surface area contributed by atoms with Crippen LogP contribution in [-0.4, -0.2) is 65.6 Å². The molecule has 1 atom stereocenters. The molecule has 11 heteroatoms. The maximum absolute atomic E-state index is 9.65. The number of carbonyl (C=O) groups is 2. The van der Waals surface area contributed by atoms with Crippen molar-refractivity contribution in [2.24, 2.45) is 23.0 Å². The molecule has 4 heterocycles. The van der Waals surface area contributed by atoms with Gasteiger partial charge in [0.25, 0.3) is 0 Å². The normalized spacial score (nSPS) is 16.7. The van der Waals surface area contributed by atoms with Gasteiger partial charge >= 0.3 is 12.1 Å². The number of amidine groups is 1. The molecule has 2 aliphatic rings. The van der Waals surface area contributed by atoms with E-state index < -0.39 is 12.1 Å². The van der Waals surface area contributed by atoms with Gasteiger partial charge in [-0.15, -0.1) is 0 Å². The number of aryl methyl sites for hydroxylation is 1. The molecule has 3 N–H and O–H groups in total. The zero-order valence-electron chi connectivity index (χ0n) is 21.0. The van der Waals surface area contributed by atoms with E-state index in [1.165, 1.54) is 0 Å². The maximum atomic E-state index is 9.65. The van der Waals surface area contributed by atoms with Crippen molar-refractivity contribution >= 4 is 46.6 Å². The number of nitrogens with one attached hydrogen (secondary N) is 2. The third kappa shape index (κ3) is 5.56. The smallest absolute Gasteiger partial charge is 0.497 e. The topological polar surface area (TPSA) is 134 Å². The van der Waals surface area contributed by atoms with E-state index in [0.29, 0.717) is 12.5 Å². The van der Waals surface area contributed by atoms with Crippen LogP contribution in [0.3, 0.4) is 0 Å². The third-order valence-electron chi connectivity index (χ3n) is 6.20. The lowest BCUT2D eigenvalue weighted by Crippen LogP contribution is -2.39. The average molecular weight is 507 g/mol. The Labute approximate surface area is 214 Å². The van der Waals surface area contributed by atoms with E-state index in [-0.39, 0.29) is 0 Å². The number of benzene rings is 1. The minimum atomic E-state index is -1.56. The van der Waals surface area contributed by atoms with E-state index in [1.54, 1.807) is 13.3 Å². The summed E-state index contributed by atoms with van der Waals surface area (Å²) in [4.78, 5) is 34.1. The van der Waals surface area contributed by atoms with E-state index in [2.05, 4.69) is 72.5 Å². The van der Waals surface area contributed by atoms with Crippen molar-refractivity contribution in [3.8, 4) is 17.0 Å². The summed E-state index contributed by atoms with van der Waals surface area (Å²) in [5.74, 6) is 2.32. The number of methoxy groups -OCH3 is 1. The van der Waals surface area contributed by atoms with E-state index >= 15 is 0 Å². The molecule has 5 rings (SSSR count). The van der Waals surface area contributed by atoms with Gasteiger partial charge in [0.1, 0.15) is 11.6 Å². The number of aromatic amines is 1. The number of nitrogens with zero attached hydrogens (tertiary/aromatic N) is 4. The Hall–Kier alpha value is -4.38. The fourth-order valence-electron chi connectivity index (χ4n) is 4.61. The third-order valence-corrected chi connectivity index (χ3v) is 6.20. The second-order valence-corrected chi connectivity index (χ2v) is 8.60. The Kier molecular flexibility index (Phi) is 7.73. The highest BCUT2D eigenvalue weighted by atomic mass is 16.7. The van der Waals surface area contributed by atoms with E-state index in [4.69, 9.17) is 9.84 Å². The summed E-state index contributed by atoms with van der Waals surface area (Å²) in [6, 6.07) is 8.35. The number of esters is 1. The molecule has 0 aliphatic carbocycles. The fourth-order valence-corrected chi connectivity index (χ4v) is 4.61. The minimum absolute atomic E-state index is 0.377. The zero-order chi connectivity index (χ0) is 26.5. The average Bonchev–Trinajstić information content (AvgIpc) is 3.61. The Bertz CT molecular complexity index is 1370. The van der Waals surface area contributed by atoms with Crippen LogP contribution in [0.15, 0.2) is 53.2 Å². The number of hydrogen-bond donors (Lipinski definition) is 3. The van der Waals surface area contributed by atoms with Crippen LogP contribution in [0.1, 0.15) is 13.3 Å². The zero-order valence-corrected chi connectivity index (χ0v) is 21.0. The molecule has 1 fully saturated rings. The van der Waals surface area contributed by atoms with E-state index in [0.717, 1.165) is 71.7 Å². The van der Waals surface area contributed by atoms with Crippen molar-refractivity contribution in [1.82, 2.24) is 14.9 Å². The van der Waals surface area contributed by atoms with Crippen LogP contribution in [0.4, 0.5) is 16.3 Å². The van der Waals surface area contributed by atoms with Gasteiger partial charge in [-0.1, -0.05) is 6.58 Å². The van der Waals surface area contributed by atoms with Gasteiger partial charge in [-0.3, -0.25) is 4.79 Å². The molecule has 1 aromatic carbocycles. The summed E-state index contributed by atoms with van der Waals surface area (Å²) in [7, 11) is 3.76. The van der Waals surface area contributed by atoms with Gasteiger partial charge in [0.05, 0.1) is 25.0 Å². The first-order chi connectivity index (χ1) is 17.8. The van der Waals surface area contributed by atoms with Gasteiger partial charge in [-0.2, -0.15) is 0 Å². The lowest BCUT2D eigenvalue weighted by Gasteiger charge is -2.29. The first-order valence-electron chi connectivity index (χ1n) is 11.8. The highest BCUT2D eigenvalue weighted by Gasteiger charge is 2.29. The number of H-pyrrole nitrogens is 1. The van der Waals surface area contributed by atoms with Crippen LogP contribution in [0.2, 0.25) is 0 Å². The number of aliphatic imine (C=N–C) groups is 2. The lowest BCUT2D eigenvalue weighted by molar-refractivity contribution is -0.136. The quantitative estimate of drug-likeness (QED) is 0.210. The molecule has 0 saturated carbocycles. The number of carboxylic acid groups (broad SMARTS) is 1. The molecule has 37 heavy (non-hydrogen) atoms. The second kappa shape index (κ2) is 11.1. The Morgan fingerprint density at radius 3 is 2.76 bits per heavy atom. The first-order valence-corrected chi connectivity index (χ1v) is 11.8. The first kappa shape index (κ1) is 25.7. The molecule has 2 aromatic heterocycles. The largest absolute Gasteiger partial charge is 0.513 e. The molecule has 0 spiro atoms. The van der Waals surface area contributed by atoms with E-state index in [1.807, 2.05) is 12.3 Å². The Balaban J connectivity index is 0.000000405. The fraction of sp³-hybridized carbons (Fsp3) is 0.308. The van der Waals surface area contributed by atoms with Crippen molar-refractivity contribution in [1.29, 1.82) is 0 Å².